The van der Waals surface area contributed by atoms with Gasteiger partial charge in [-0.2, -0.15) is 0 Å². The molecular weight excluding hydrogens is 332 g/mol. The normalized spacial score (nSPS) is 14.8. The van der Waals surface area contributed by atoms with Gasteiger partial charge in [0.2, 0.25) is 0 Å². The molecule has 0 aliphatic carbocycles. The zero-order valence-electron chi connectivity index (χ0n) is 15.8. The average molecular weight is 362 g/mol. The third kappa shape index (κ3) is 6.20. The molecule has 1 aliphatic rings. The maximum Gasteiger partial charge on any atom is 0.409 e. The molecule has 1 aromatic heterocycles. The summed E-state index contributed by atoms with van der Waals surface area (Å²) in [5.74, 6) is -0.121. The molecule has 0 radical (unpaired) electrons. The Labute approximate surface area is 155 Å². The molecular formula is C19H30N4O3. The molecule has 1 aromatic rings. The predicted molar refractivity (Wildman–Crippen MR) is 101 cm³/mol. The highest BCUT2D eigenvalue weighted by molar-refractivity contribution is 5.94. The Morgan fingerprint density at radius 1 is 1.23 bits per heavy atom. The SMILES string of the molecule is CCCCCNc1cncc(C(=O)NC2CCN(C(=O)OCC)CC2)c1. The second kappa shape index (κ2) is 10.6. The van der Waals surface area contributed by atoms with Gasteiger partial charge in [0.1, 0.15) is 0 Å². The zero-order valence-corrected chi connectivity index (χ0v) is 15.8. The van der Waals surface area contributed by atoms with Crippen molar-refractivity contribution < 1.29 is 14.3 Å². The quantitative estimate of drug-likeness (QED) is 0.695. The zero-order chi connectivity index (χ0) is 18.8. The van der Waals surface area contributed by atoms with E-state index in [4.69, 9.17) is 4.74 Å². The molecule has 0 atom stereocenters. The summed E-state index contributed by atoms with van der Waals surface area (Å²) in [6.07, 6.45) is 7.97. The number of rotatable bonds is 8. The lowest BCUT2D eigenvalue weighted by atomic mass is 10.0. The van der Waals surface area contributed by atoms with E-state index in [1.54, 1.807) is 24.2 Å². The number of hydrogen-bond acceptors (Lipinski definition) is 5. The maximum atomic E-state index is 12.5. The lowest BCUT2D eigenvalue weighted by Gasteiger charge is -2.31. The Hall–Kier alpha value is -2.31. The topological polar surface area (TPSA) is 83.6 Å². The average Bonchev–Trinajstić information content (AvgIpc) is 2.66. The number of anilines is 1. The van der Waals surface area contributed by atoms with Gasteiger partial charge in [-0.3, -0.25) is 9.78 Å². The molecule has 2 N–H and O–H groups in total. The highest BCUT2D eigenvalue weighted by atomic mass is 16.6. The minimum Gasteiger partial charge on any atom is -0.450 e. The number of nitrogens with zero attached hydrogens (tertiary/aromatic N) is 2. The van der Waals surface area contributed by atoms with E-state index in [1.807, 2.05) is 6.07 Å². The highest BCUT2D eigenvalue weighted by Crippen LogP contribution is 2.14. The van der Waals surface area contributed by atoms with Crippen LogP contribution in [0.3, 0.4) is 0 Å². The fourth-order valence-electron chi connectivity index (χ4n) is 2.96. The van der Waals surface area contributed by atoms with Crippen molar-refractivity contribution in [3.63, 3.8) is 0 Å². The summed E-state index contributed by atoms with van der Waals surface area (Å²) in [5.41, 5.74) is 1.42. The standard InChI is InChI=1S/C19H30N4O3/c1-3-5-6-9-21-17-12-15(13-20-14-17)18(24)22-16-7-10-23(11-8-16)19(25)26-4-2/h12-14,16,21H,3-11H2,1-2H3,(H,22,24). The first-order valence-corrected chi connectivity index (χ1v) is 9.55. The summed E-state index contributed by atoms with van der Waals surface area (Å²) in [5, 5.41) is 6.35. The number of amides is 2. The molecule has 2 rings (SSSR count). The number of likely N-dealkylation sites (tertiary alicyclic amines) is 1. The number of hydrogen-bond donors (Lipinski definition) is 2. The second-order valence-electron chi connectivity index (χ2n) is 6.53. The third-order valence-electron chi connectivity index (χ3n) is 4.47. The van der Waals surface area contributed by atoms with Crippen LogP contribution in [-0.2, 0) is 4.74 Å². The van der Waals surface area contributed by atoms with Gasteiger partial charge in [-0.1, -0.05) is 19.8 Å². The molecule has 1 fully saturated rings. The number of unbranched alkanes of at least 4 members (excludes halogenated alkanes) is 2. The molecule has 7 heteroatoms. The third-order valence-corrected chi connectivity index (χ3v) is 4.47. The van der Waals surface area contributed by atoms with Gasteiger partial charge < -0.3 is 20.3 Å². The van der Waals surface area contributed by atoms with Gasteiger partial charge in [-0.15, -0.1) is 0 Å². The van der Waals surface area contributed by atoms with Crippen molar-refractivity contribution in [2.24, 2.45) is 0 Å². The second-order valence-corrected chi connectivity index (χ2v) is 6.53. The van der Waals surface area contributed by atoms with E-state index in [0.717, 1.165) is 31.5 Å². The first-order chi connectivity index (χ1) is 12.6. The van der Waals surface area contributed by atoms with Crippen LogP contribution in [0.1, 0.15) is 56.3 Å². The lowest BCUT2D eigenvalue weighted by Crippen LogP contribution is -2.46. The fourth-order valence-corrected chi connectivity index (χ4v) is 2.96. The van der Waals surface area contributed by atoms with Gasteiger partial charge in [0.25, 0.3) is 5.91 Å². The van der Waals surface area contributed by atoms with Crippen LogP contribution in [0.4, 0.5) is 10.5 Å². The Balaban J connectivity index is 1.80. The van der Waals surface area contributed by atoms with Crippen LogP contribution in [0, 0.1) is 0 Å². The van der Waals surface area contributed by atoms with Crippen LogP contribution in [0.15, 0.2) is 18.5 Å². The van der Waals surface area contributed by atoms with Crippen molar-refractivity contribution in [1.82, 2.24) is 15.2 Å². The van der Waals surface area contributed by atoms with Crippen LogP contribution in [0.25, 0.3) is 0 Å². The largest absolute Gasteiger partial charge is 0.450 e. The smallest absolute Gasteiger partial charge is 0.409 e. The van der Waals surface area contributed by atoms with Crippen molar-refractivity contribution in [1.29, 1.82) is 0 Å². The summed E-state index contributed by atoms with van der Waals surface area (Å²) < 4.78 is 5.01. The maximum absolute atomic E-state index is 12.5. The van der Waals surface area contributed by atoms with E-state index < -0.39 is 0 Å². The van der Waals surface area contributed by atoms with Gasteiger partial charge >= 0.3 is 6.09 Å². The van der Waals surface area contributed by atoms with Crippen LogP contribution in [0.2, 0.25) is 0 Å². The minimum atomic E-state index is -0.275. The molecule has 1 aliphatic heterocycles. The van der Waals surface area contributed by atoms with Crippen LogP contribution in [0.5, 0.6) is 0 Å². The monoisotopic (exact) mass is 362 g/mol. The van der Waals surface area contributed by atoms with Crippen molar-refractivity contribution in [2.45, 2.75) is 52.0 Å². The minimum absolute atomic E-state index is 0.0642. The molecule has 0 spiro atoms. The Morgan fingerprint density at radius 3 is 2.69 bits per heavy atom. The van der Waals surface area contributed by atoms with E-state index in [-0.39, 0.29) is 18.0 Å². The van der Waals surface area contributed by atoms with E-state index in [0.29, 0.717) is 25.3 Å². The molecule has 0 unspecified atom stereocenters. The van der Waals surface area contributed by atoms with E-state index in [1.165, 1.54) is 12.8 Å². The number of piperidine rings is 1. The van der Waals surface area contributed by atoms with E-state index in [9.17, 15) is 9.59 Å². The molecule has 0 bridgehead atoms. The number of ether oxygens (including phenoxy) is 1. The van der Waals surface area contributed by atoms with Crippen molar-refractivity contribution in [3.8, 4) is 0 Å². The highest BCUT2D eigenvalue weighted by Gasteiger charge is 2.24. The lowest BCUT2D eigenvalue weighted by molar-refractivity contribution is 0.0860. The molecule has 2 heterocycles. The van der Waals surface area contributed by atoms with Gasteiger partial charge in [0, 0.05) is 38.1 Å². The molecule has 144 valence electrons. The molecule has 0 saturated carbocycles. The number of aromatic nitrogens is 1. The van der Waals surface area contributed by atoms with Gasteiger partial charge in [-0.05, 0) is 32.3 Å². The van der Waals surface area contributed by atoms with Crippen molar-refractivity contribution in [2.75, 3.05) is 31.6 Å². The predicted octanol–water partition coefficient (Wildman–Crippen LogP) is 3.03. The molecule has 1 saturated heterocycles. The summed E-state index contributed by atoms with van der Waals surface area (Å²) in [4.78, 5) is 30.0. The summed E-state index contributed by atoms with van der Waals surface area (Å²) in [7, 11) is 0. The van der Waals surface area contributed by atoms with Crippen molar-refractivity contribution >= 4 is 17.7 Å². The Kier molecular flexibility index (Phi) is 8.18. The summed E-state index contributed by atoms with van der Waals surface area (Å²) in [6.45, 7) is 6.43. The van der Waals surface area contributed by atoms with E-state index in [2.05, 4.69) is 22.5 Å². The number of carbonyl (C=O) groups excluding carboxylic acids is 2. The first-order valence-electron chi connectivity index (χ1n) is 9.55. The van der Waals surface area contributed by atoms with Crippen molar-refractivity contribution in [3.05, 3.63) is 24.0 Å². The van der Waals surface area contributed by atoms with Crippen LogP contribution >= 0.6 is 0 Å². The molecule has 26 heavy (non-hydrogen) atoms. The summed E-state index contributed by atoms with van der Waals surface area (Å²) >= 11 is 0. The molecule has 2 amide bonds. The van der Waals surface area contributed by atoms with Crippen LogP contribution in [-0.4, -0.2) is 54.2 Å². The van der Waals surface area contributed by atoms with Gasteiger partial charge in [0.05, 0.1) is 17.9 Å². The summed E-state index contributed by atoms with van der Waals surface area (Å²) in [6, 6.07) is 1.90. The molecule has 0 aromatic carbocycles. The van der Waals surface area contributed by atoms with E-state index >= 15 is 0 Å². The number of nitrogens with one attached hydrogen (secondary N) is 2. The van der Waals surface area contributed by atoms with Gasteiger partial charge in [0.15, 0.2) is 0 Å². The Bertz CT molecular complexity index is 586. The number of pyridine rings is 1. The first kappa shape index (κ1) is 20.0. The molecule has 7 nitrogen and oxygen atoms in total. The fraction of sp³-hybridized carbons (Fsp3) is 0.632. The number of carbonyl (C=O) groups is 2. The Morgan fingerprint density at radius 2 is 2.00 bits per heavy atom. The van der Waals surface area contributed by atoms with Gasteiger partial charge in [-0.25, -0.2) is 4.79 Å². The van der Waals surface area contributed by atoms with Crippen LogP contribution < -0.4 is 10.6 Å².